The van der Waals surface area contributed by atoms with E-state index in [9.17, 15) is 4.79 Å². The fraction of sp³-hybridized carbons (Fsp3) is 0.765. The van der Waals surface area contributed by atoms with E-state index < -0.39 is 0 Å². The lowest BCUT2D eigenvalue weighted by atomic mass is 9.96. The SMILES string of the molecule is Cc1nccn1CC1CCN(CC(=O)NCC2CCCO2)CC1. The average Bonchev–Trinajstić information content (AvgIpc) is 3.20. The minimum Gasteiger partial charge on any atom is -0.376 e. The van der Waals surface area contributed by atoms with Crippen LogP contribution in [0.4, 0.5) is 0 Å². The van der Waals surface area contributed by atoms with E-state index in [0.29, 0.717) is 19.0 Å². The van der Waals surface area contributed by atoms with Crippen LogP contribution in [0.2, 0.25) is 0 Å². The predicted molar refractivity (Wildman–Crippen MR) is 88.1 cm³/mol. The molecule has 0 aliphatic carbocycles. The molecule has 0 bridgehead atoms. The zero-order valence-electron chi connectivity index (χ0n) is 14.0. The third kappa shape index (κ3) is 4.78. The summed E-state index contributed by atoms with van der Waals surface area (Å²) in [6.07, 6.45) is 8.63. The molecule has 2 saturated heterocycles. The van der Waals surface area contributed by atoms with Crippen LogP contribution in [0, 0.1) is 12.8 Å². The van der Waals surface area contributed by atoms with Gasteiger partial charge in [0.25, 0.3) is 0 Å². The normalized spacial score (nSPS) is 23.3. The Morgan fingerprint density at radius 3 is 2.87 bits per heavy atom. The molecule has 1 aromatic heterocycles. The van der Waals surface area contributed by atoms with Gasteiger partial charge in [0.15, 0.2) is 0 Å². The summed E-state index contributed by atoms with van der Waals surface area (Å²) >= 11 is 0. The Balaban J connectivity index is 1.34. The molecule has 0 spiro atoms. The maximum absolute atomic E-state index is 12.0. The van der Waals surface area contributed by atoms with Crippen LogP contribution < -0.4 is 5.32 Å². The van der Waals surface area contributed by atoms with E-state index in [1.54, 1.807) is 0 Å². The van der Waals surface area contributed by atoms with Gasteiger partial charge in [0.2, 0.25) is 5.91 Å². The van der Waals surface area contributed by atoms with Gasteiger partial charge in [0, 0.05) is 32.1 Å². The van der Waals surface area contributed by atoms with Gasteiger partial charge in [0.05, 0.1) is 12.6 Å². The quantitative estimate of drug-likeness (QED) is 0.856. The summed E-state index contributed by atoms with van der Waals surface area (Å²) < 4.78 is 7.76. The van der Waals surface area contributed by atoms with Crippen molar-refractivity contribution in [3.05, 3.63) is 18.2 Å². The molecule has 0 radical (unpaired) electrons. The van der Waals surface area contributed by atoms with Crippen molar-refractivity contribution < 1.29 is 9.53 Å². The van der Waals surface area contributed by atoms with E-state index in [-0.39, 0.29) is 12.0 Å². The maximum atomic E-state index is 12.0. The van der Waals surface area contributed by atoms with Crippen molar-refractivity contribution in [1.29, 1.82) is 0 Å². The number of nitrogens with zero attached hydrogens (tertiary/aromatic N) is 3. The Labute approximate surface area is 138 Å². The van der Waals surface area contributed by atoms with Crippen LogP contribution in [0.1, 0.15) is 31.5 Å². The molecular formula is C17H28N4O2. The van der Waals surface area contributed by atoms with E-state index in [1.807, 2.05) is 13.1 Å². The molecule has 1 unspecified atom stereocenters. The third-order valence-electron chi connectivity index (χ3n) is 5.00. The van der Waals surface area contributed by atoms with Gasteiger partial charge in [-0.15, -0.1) is 0 Å². The maximum Gasteiger partial charge on any atom is 0.234 e. The van der Waals surface area contributed by atoms with Crippen molar-refractivity contribution in [2.45, 2.75) is 45.3 Å². The number of piperidine rings is 1. The first-order chi connectivity index (χ1) is 11.2. The zero-order chi connectivity index (χ0) is 16.1. The van der Waals surface area contributed by atoms with E-state index in [2.05, 4.69) is 26.0 Å². The molecule has 1 atom stereocenters. The number of carbonyl (C=O) groups is 1. The number of likely N-dealkylation sites (tertiary alicyclic amines) is 1. The molecule has 6 heteroatoms. The Hall–Kier alpha value is -1.40. The summed E-state index contributed by atoms with van der Waals surface area (Å²) in [6, 6.07) is 0. The molecule has 6 nitrogen and oxygen atoms in total. The lowest BCUT2D eigenvalue weighted by Gasteiger charge is -2.31. The van der Waals surface area contributed by atoms with Gasteiger partial charge in [-0.05, 0) is 51.6 Å². The summed E-state index contributed by atoms with van der Waals surface area (Å²) in [5, 5.41) is 3.01. The predicted octanol–water partition coefficient (Wildman–Crippen LogP) is 1.20. The smallest absolute Gasteiger partial charge is 0.234 e. The Morgan fingerprint density at radius 2 is 2.22 bits per heavy atom. The van der Waals surface area contributed by atoms with Crippen molar-refractivity contribution in [2.75, 3.05) is 32.8 Å². The summed E-state index contributed by atoms with van der Waals surface area (Å²) in [5.41, 5.74) is 0. The molecule has 2 aliphatic heterocycles. The highest BCUT2D eigenvalue weighted by Gasteiger charge is 2.22. The summed E-state index contributed by atoms with van der Waals surface area (Å²) in [7, 11) is 0. The first-order valence-electron chi connectivity index (χ1n) is 8.79. The molecule has 0 aromatic carbocycles. The van der Waals surface area contributed by atoms with Gasteiger partial charge in [-0.25, -0.2) is 4.98 Å². The second-order valence-electron chi connectivity index (χ2n) is 6.79. The first-order valence-corrected chi connectivity index (χ1v) is 8.79. The summed E-state index contributed by atoms with van der Waals surface area (Å²) in [5.74, 6) is 1.90. The van der Waals surface area contributed by atoms with E-state index in [4.69, 9.17) is 4.74 Å². The number of aromatic nitrogens is 2. The van der Waals surface area contributed by atoms with Crippen LogP contribution in [0.5, 0.6) is 0 Å². The number of amides is 1. The zero-order valence-corrected chi connectivity index (χ0v) is 14.0. The van der Waals surface area contributed by atoms with Crippen LogP contribution in [-0.4, -0.2) is 59.2 Å². The molecule has 3 rings (SSSR count). The molecule has 0 saturated carbocycles. The number of carbonyl (C=O) groups excluding carboxylic acids is 1. The van der Waals surface area contributed by atoms with Gasteiger partial charge in [-0.1, -0.05) is 0 Å². The van der Waals surface area contributed by atoms with E-state index >= 15 is 0 Å². The van der Waals surface area contributed by atoms with Crippen LogP contribution in [0.25, 0.3) is 0 Å². The van der Waals surface area contributed by atoms with Crippen LogP contribution in [-0.2, 0) is 16.1 Å². The monoisotopic (exact) mass is 320 g/mol. The first kappa shape index (κ1) is 16.5. The number of hydrogen-bond donors (Lipinski definition) is 1. The van der Waals surface area contributed by atoms with E-state index in [1.165, 1.54) is 0 Å². The Morgan fingerprint density at radius 1 is 1.39 bits per heavy atom. The molecule has 23 heavy (non-hydrogen) atoms. The van der Waals surface area contributed by atoms with Crippen molar-refractivity contribution in [3.63, 3.8) is 0 Å². The Bertz CT molecular complexity index is 502. The van der Waals surface area contributed by atoms with Crippen molar-refractivity contribution >= 4 is 5.91 Å². The summed E-state index contributed by atoms with van der Waals surface area (Å²) in [4.78, 5) is 18.6. The van der Waals surface area contributed by atoms with Gasteiger partial charge in [-0.3, -0.25) is 9.69 Å². The number of nitrogens with one attached hydrogen (secondary N) is 1. The van der Waals surface area contributed by atoms with Crippen molar-refractivity contribution in [1.82, 2.24) is 19.8 Å². The molecule has 2 fully saturated rings. The average molecular weight is 320 g/mol. The fourth-order valence-electron chi connectivity index (χ4n) is 3.49. The molecular weight excluding hydrogens is 292 g/mol. The standard InChI is InChI=1S/C17H28N4O2/c1-14-18-6-9-21(14)12-15-4-7-20(8-5-15)13-17(22)19-11-16-3-2-10-23-16/h6,9,15-16H,2-5,7-8,10-13H2,1H3,(H,19,22). The van der Waals surface area contributed by atoms with Gasteiger partial charge >= 0.3 is 0 Å². The molecule has 1 N–H and O–H groups in total. The fourth-order valence-corrected chi connectivity index (χ4v) is 3.49. The second-order valence-corrected chi connectivity index (χ2v) is 6.79. The number of rotatable bonds is 6. The number of ether oxygens (including phenoxy) is 1. The van der Waals surface area contributed by atoms with Gasteiger partial charge in [0.1, 0.15) is 5.82 Å². The Kier molecular flexibility index (Phi) is 5.67. The lowest BCUT2D eigenvalue weighted by Crippen LogP contribution is -2.43. The van der Waals surface area contributed by atoms with Gasteiger partial charge in [-0.2, -0.15) is 0 Å². The highest BCUT2D eigenvalue weighted by Crippen LogP contribution is 2.19. The minimum atomic E-state index is 0.129. The van der Waals surface area contributed by atoms with Crippen molar-refractivity contribution in [3.8, 4) is 0 Å². The number of aryl methyl sites for hydroxylation is 1. The highest BCUT2D eigenvalue weighted by molar-refractivity contribution is 5.78. The van der Waals surface area contributed by atoms with Crippen LogP contribution >= 0.6 is 0 Å². The molecule has 1 amide bonds. The number of imidazole rings is 1. The van der Waals surface area contributed by atoms with Gasteiger partial charge < -0.3 is 14.6 Å². The van der Waals surface area contributed by atoms with Crippen LogP contribution in [0.15, 0.2) is 12.4 Å². The van der Waals surface area contributed by atoms with Crippen LogP contribution in [0.3, 0.4) is 0 Å². The lowest BCUT2D eigenvalue weighted by molar-refractivity contribution is -0.123. The summed E-state index contributed by atoms with van der Waals surface area (Å²) in [6.45, 7) is 7.12. The molecule has 2 aliphatic rings. The van der Waals surface area contributed by atoms with Crippen molar-refractivity contribution in [2.24, 2.45) is 5.92 Å². The molecule has 128 valence electrons. The topological polar surface area (TPSA) is 59.4 Å². The highest BCUT2D eigenvalue weighted by atomic mass is 16.5. The third-order valence-corrected chi connectivity index (χ3v) is 5.00. The molecule has 1 aromatic rings. The van der Waals surface area contributed by atoms with E-state index in [0.717, 1.165) is 57.7 Å². The molecule has 3 heterocycles. The minimum absolute atomic E-state index is 0.129. The largest absolute Gasteiger partial charge is 0.376 e. The number of hydrogen-bond acceptors (Lipinski definition) is 4. The second kappa shape index (κ2) is 7.93.